The first-order valence-electron chi connectivity index (χ1n) is 8.81. The van der Waals surface area contributed by atoms with Crippen molar-refractivity contribution in [2.45, 2.75) is 64.6 Å². The summed E-state index contributed by atoms with van der Waals surface area (Å²) < 4.78 is 6.36. The fraction of sp³-hybridized carbons (Fsp3) is 0.684. The van der Waals surface area contributed by atoms with Crippen LogP contribution in [0.5, 0.6) is 5.75 Å². The molecular formula is C19H30N2O. The van der Waals surface area contributed by atoms with Gasteiger partial charge < -0.3 is 10.1 Å². The van der Waals surface area contributed by atoms with Gasteiger partial charge in [0, 0.05) is 12.6 Å². The second kappa shape index (κ2) is 6.59. The van der Waals surface area contributed by atoms with Crippen molar-refractivity contribution in [1.29, 1.82) is 0 Å². The van der Waals surface area contributed by atoms with E-state index in [0.717, 1.165) is 31.9 Å². The van der Waals surface area contributed by atoms with E-state index in [-0.39, 0.29) is 5.54 Å². The van der Waals surface area contributed by atoms with E-state index >= 15 is 0 Å². The molecule has 2 heterocycles. The smallest absolute Gasteiger partial charge is 0.122 e. The molecule has 1 aromatic carbocycles. The van der Waals surface area contributed by atoms with E-state index in [1.807, 2.05) is 0 Å². The third kappa shape index (κ3) is 3.16. The third-order valence-corrected chi connectivity index (χ3v) is 5.32. The van der Waals surface area contributed by atoms with Crippen molar-refractivity contribution in [2.75, 3.05) is 19.7 Å². The summed E-state index contributed by atoms with van der Waals surface area (Å²) in [6.45, 7) is 11.0. The van der Waals surface area contributed by atoms with Crippen molar-refractivity contribution < 1.29 is 4.74 Å². The normalized spacial score (nSPS) is 26.0. The van der Waals surface area contributed by atoms with Gasteiger partial charge in [-0.25, -0.2) is 0 Å². The predicted molar refractivity (Wildman–Crippen MR) is 91.4 cm³/mol. The number of nitrogens with zero attached hydrogens (tertiary/aromatic N) is 1. The van der Waals surface area contributed by atoms with Crippen LogP contribution in [0.15, 0.2) is 18.2 Å². The first-order valence-corrected chi connectivity index (χ1v) is 8.81. The molecule has 0 amide bonds. The molecule has 1 aromatic rings. The summed E-state index contributed by atoms with van der Waals surface area (Å²) in [5.41, 5.74) is 2.98. The number of likely N-dealkylation sites (tertiary alicyclic amines) is 1. The molecule has 0 bridgehead atoms. The lowest BCUT2D eigenvalue weighted by atomic mass is 9.88. The lowest BCUT2D eigenvalue weighted by molar-refractivity contribution is -0.00167. The molecule has 1 N–H and O–H groups in total. The monoisotopic (exact) mass is 302 g/mol. The Bertz CT molecular complexity index is 514. The molecule has 122 valence electrons. The van der Waals surface area contributed by atoms with Crippen molar-refractivity contribution >= 4 is 0 Å². The van der Waals surface area contributed by atoms with Crippen LogP contribution in [0.4, 0.5) is 0 Å². The molecule has 1 unspecified atom stereocenters. The second-order valence-electron chi connectivity index (χ2n) is 7.35. The van der Waals surface area contributed by atoms with Crippen LogP contribution in [0.1, 0.15) is 51.2 Å². The fourth-order valence-corrected chi connectivity index (χ4v) is 4.10. The van der Waals surface area contributed by atoms with E-state index < -0.39 is 0 Å². The average Bonchev–Trinajstić information content (AvgIpc) is 2.53. The molecule has 2 aliphatic heterocycles. The van der Waals surface area contributed by atoms with Gasteiger partial charge in [0.2, 0.25) is 0 Å². The summed E-state index contributed by atoms with van der Waals surface area (Å²) in [7, 11) is 0. The quantitative estimate of drug-likeness (QED) is 0.923. The molecule has 0 aliphatic carbocycles. The maximum atomic E-state index is 6.36. The molecule has 22 heavy (non-hydrogen) atoms. The third-order valence-electron chi connectivity index (χ3n) is 5.32. The molecule has 1 atom stereocenters. The van der Waals surface area contributed by atoms with Gasteiger partial charge in [0.15, 0.2) is 0 Å². The minimum Gasteiger partial charge on any atom is -0.491 e. The van der Waals surface area contributed by atoms with Gasteiger partial charge in [-0.05, 0) is 70.3 Å². The molecule has 0 saturated carbocycles. The zero-order chi connectivity index (χ0) is 15.6. The maximum absolute atomic E-state index is 6.36. The van der Waals surface area contributed by atoms with E-state index in [0.29, 0.717) is 6.04 Å². The number of benzene rings is 1. The van der Waals surface area contributed by atoms with E-state index in [2.05, 4.69) is 49.2 Å². The molecule has 1 saturated heterocycles. The second-order valence-corrected chi connectivity index (χ2v) is 7.35. The standard InChI is InChI=1S/C19H30N2O/c1-15(2)21-12-5-4-10-19(21,3)14-22-18-8-6-7-16-13-20-11-9-17(16)18/h6-8,15,20H,4-5,9-14H2,1-3H3. The Hall–Kier alpha value is -1.06. The Kier molecular flexibility index (Phi) is 4.74. The molecular weight excluding hydrogens is 272 g/mol. The Morgan fingerprint density at radius 1 is 1.32 bits per heavy atom. The van der Waals surface area contributed by atoms with Crippen molar-refractivity contribution in [3.05, 3.63) is 29.3 Å². The van der Waals surface area contributed by atoms with E-state index in [9.17, 15) is 0 Å². The van der Waals surface area contributed by atoms with Gasteiger partial charge >= 0.3 is 0 Å². The Morgan fingerprint density at radius 2 is 2.18 bits per heavy atom. The summed E-state index contributed by atoms with van der Waals surface area (Å²) in [6.07, 6.45) is 4.96. The lowest BCUT2D eigenvalue weighted by Crippen LogP contribution is -2.56. The molecule has 0 aromatic heterocycles. The van der Waals surface area contributed by atoms with Gasteiger partial charge in [-0.2, -0.15) is 0 Å². The van der Waals surface area contributed by atoms with Crippen molar-refractivity contribution in [3.8, 4) is 5.75 Å². The van der Waals surface area contributed by atoms with Crippen LogP contribution in [-0.4, -0.2) is 36.2 Å². The van der Waals surface area contributed by atoms with Gasteiger partial charge in [-0.15, -0.1) is 0 Å². The highest BCUT2D eigenvalue weighted by Gasteiger charge is 2.36. The van der Waals surface area contributed by atoms with E-state index in [4.69, 9.17) is 4.74 Å². The van der Waals surface area contributed by atoms with Crippen LogP contribution in [0.25, 0.3) is 0 Å². The number of ether oxygens (including phenoxy) is 1. The summed E-state index contributed by atoms with van der Waals surface area (Å²) >= 11 is 0. The number of fused-ring (bicyclic) bond motifs is 1. The summed E-state index contributed by atoms with van der Waals surface area (Å²) in [6, 6.07) is 7.08. The predicted octanol–water partition coefficient (Wildman–Crippen LogP) is 3.36. The summed E-state index contributed by atoms with van der Waals surface area (Å²) in [5, 5.41) is 3.44. The van der Waals surface area contributed by atoms with Crippen LogP contribution in [0.2, 0.25) is 0 Å². The number of piperidine rings is 1. The maximum Gasteiger partial charge on any atom is 0.122 e. The molecule has 3 rings (SSSR count). The molecule has 3 nitrogen and oxygen atoms in total. The van der Waals surface area contributed by atoms with E-state index in [1.165, 1.54) is 36.9 Å². The van der Waals surface area contributed by atoms with E-state index in [1.54, 1.807) is 0 Å². The summed E-state index contributed by atoms with van der Waals surface area (Å²) in [5.74, 6) is 1.11. The van der Waals surface area contributed by atoms with Gasteiger partial charge in [-0.3, -0.25) is 4.90 Å². The minimum atomic E-state index is 0.169. The van der Waals surface area contributed by atoms with Crippen molar-refractivity contribution in [3.63, 3.8) is 0 Å². The van der Waals surface area contributed by atoms with Crippen LogP contribution in [-0.2, 0) is 13.0 Å². The van der Waals surface area contributed by atoms with Crippen molar-refractivity contribution in [1.82, 2.24) is 10.2 Å². The van der Waals surface area contributed by atoms with Crippen LogP contribution >= 0.6 is 0 Å². The largest absolute Gasteiger partial charge is 0.491 e. The zero-order valence-corrected chi connectivity index (χ0v) is 14.3. The zero-order valence-electron chi connectivity index (χ0n) is 14.3. The van der Waals surface area contributed by atoms with Crippen molar-refractivity contribution in [2.24, 2.45) is 0 Å². The van der Waals surface area contributed by atoms with Gasteiger partial charge in [-0.1, -0.05) is 18.6 Å². The van der Waals surface area contributed by atoms with Gasteiger partial charge in [0.05, 0.1) is 5.54 Å². The number of rotatable bonds is 4. The first-order chi connectivity index (χ1) is 10.6. The molecule has 1 fully saturated rings. The molecule has 3 heteroatoms. The molecule has 0 radical (unpaired) electrons. The van der Waals surface area contributed by atoms with Crippen LogP contribution in [0, 0.1) is 0 Å². The highest BCUT2D eigenvalue weighted by molar-refractivity contribution is 5.41. The van der Waals surface area contributed by atoms with Crippen LogP contribution in [0.3, 0.4) is 0 Å². The topological polar surface area (TPSA) is 24.5 Å². The Balaban J connectivity index is 1.74. The molecule has 0 spiro atoms. The van der Waals surface area contributed by atoms with Gasteiger partial charge in [0.25, 0.3) is 0 Å². The highest BCUT2D eigenvalue weighted by Crippen LogP contribution is 2.32. The lowest BCUT2D eigenvalue weighted by Gasteiger charge is -2.47. The van der Waals surface area contributed by atoms with Gasteiger partial charge in [0.1, 0.15) is 12.4 Å². The summed E-state index contributed by atoms with van der Waals surface area (Å²) in [4.78, 5) is 2.63. The first kappa shape index (κ1) is 15.8. The number of nitrogens with one attached hydrogen (secondary N) is 1. The average molecular weight is 302 g/mol. The number of hydrogen-bond acceptors (Lipinski definition) is 3. The minimum absolute atomic E-state index is 0.169. The SMILES string of the molecule is CC(C)N1CCCCC1(C)COc1cccc2c1CCNC2. The van der Waals surface area contributed by atoms with Crippen LogP contribution < -0.4 is 10.1 Å². The highest BCUT2D eigenvalue weighted by atomic mass is 16.5. The molecule has 2 aliphatic rings. The fourth-order valence-electron chi connectivity index (χ4n) is 4.10. The Morgan fingerprint density at radius 3 is 3.00 bits per heavy atom. The Labute approximate surface area is 135 Å². The number of hydrogen-bond donors (Lipinski definition) is 1.